The van der Waals surface area contributed by atoms with E-state index < -0.39 is 13.2 Å². The lowest BCUT2D eigenvalue weighted by atomic mass is 10.1. The van der Waals surface area contributed by atoms with Crippen molar-refractivity contribution in [2.75, 3.05) is 6.61 Å². The van der Waals surface area contributed by atoms with Crippen LogP contribution in [0.3, 0.4) is 0 Å². The van der Waals surface area contributed by atoms with E-state index in [-0.39, 0.29) is 30.4 Å². The Bertz CT molecular complexity index is 1050. The molecule has 1 aliphatic rings. The predicted molar refractivity (Wildman–Crippen MR) is 132 cm³/mol. The molecule has 4 rings (SSSR count). The van der Waals surface area contributed by atoms with Crippen molar-refractivity contribution in [2.45, 2.75) is 38.3 Å². The Balaban J connectivity index is 1.46. The van der Waals surface area contributed by atoms with E-state index in [4.69, 9.17) is 9.47 Å². The minimum Gasteiger partial charge on any atom is -0.447 e. The van der Waals surface area contributed by atoms with Crippen LogP contribution in [0.2, 0.25) is 0 Å². The monoisotopic (exact) mass is 463 g/mol. The Hall–Kier alpha value is -2.88. The van der Waals surface area contributed by atoms with Gasteiger partial charge in [0.05, 0.1) is 11.8 Å². The molecule has 1 fully saturated rings. The van der Waals surface area contributed by atoms with Crippen molar-refractivity contribution >= 4 is 23.8 Å². The lowest BCUT2D eigenvalue weighted by molar-refractivity contribution is 0.135. The summed E-state index contributed by atoms with van der Waals surface area (Å²) in [5.74, 6) is 0.109. The van der Waals surface area contributed by atoms with Gasteiger partial charge in [0.1, 0.15) is 19.9 Å². The highest BCUT2D eigenvalue weighted by atomic mass is 31.2. The van der Waals surface area contributed by atoms with Gasteiger partial charge in [-0.1, -0.05) is 105 Å². The van der Waals surface area contributed by atoms with Crippen LogP contribution in [0.1, 0.15) is 19.4 Å². The van der Waals surface area contributed by atoms with Gasteiger partial charge in [0.25, 0.3) is 0 Å². The molecule has 0 spiro atoms. The van der Waals surface area contributed by atoms with E-state index in [1.165, 1.54) is 0 Å². The van der Waals surface area contributed by atoms with Crippen LogP contribution >= 0.6 is 7.14 Å². The van der Waals surface area contributed by atoms with Crippen molar-refractivity contribution < 1.29 is 18.8 Å². The Morgan fingerprint density at radius 1 is 0.909 bits per heavy atom. The highest BCUT2D eigenvalue weighted by molar-refractivity contribution is 7.79. The summed E-state index contributed by atoms with van der Waals surface area (Å²) in [5.41, 5.74) is 0.782. The highest BCUT2D eigenvalue weighted by Crippen LogP contribution is 2.56. The quantitative estimate of drug-likeness (QED) is 0.368. The SMILES string of the molecule is CC(C)[C@H]([C@@H]1O[C@H]1COC(=O)NCc1ccccc1)P(=O)(c1ccccc1)c1ccccc1. The molecule has 1 saturated heterocycles. The molecule has 0 radical (unpaired) electrons. The molecule has 33 heavy (non-hydrogen) atoms. The predicted octanol–water partition coefficient (Wildman–Crippen LogP) is 4.72. The number of rotatable bonds is 9. The van der Waals surface area contributed by atoms with Crippen LogP contribution in [0.4, 0.5) is 4.79 Å². The molecule has 0 aromatic heterocycles. The molecule has 172 valence electrons. The van der Waals surface area contributed by atoms with E-state index in [9.17, 15) is 9.36 Å². The molecule has 5 nitrogen and oxygen atoms in total. The average Bonchev–Trinajstić information content (AvgIpc) is 3.61. The number of alkyl carbamates (subject to hydrolysis) is 1. The van der Waals surface area contributed by atoms with Crippen LogP contribution in [0.5, 0.6) is 0 Å². The maximum Gasteiger partial charge on any atom is 0.407 e. The number of hydrogen-bond donors (Lipinski definition) is 1. The second-order valence-electron chi connectivity index (χ2n) is 8.64. The van der Waals surface area contributed by atoms with Crippen molar-refractivity contribution in [3.63, 3.8) is 0 Å². The molecule has 0 aliphatic carbocycles. The van der Waals surface area contributed by atoms with Gasteiger partial charge >= 0.3 is 6.09 Å². The molecular weight excluding hydrogens is 433 g/mol. The molecule has 3 aromatic carbocycles. The second kappa shape index (κ2) is 10.4. The molecule has 0 saturated carbocycles. The summed E-state index contributed by atoms with van der Waals surface area (Å²) in [4.78, 5) is 12.2. The number of carbonyl (C=O) groups is 1. The molecule has 0 unspecified atom stereocenters. The van der Waals surface area contributed by atoms with Crippen LogP contribution in [0.15, 0.2) is 91.0 Å². The largest absolute Gasteiger partial charge is 0.447 e. The van der Waals surface area contributed by atoms with E-state index in [0.29, 0.717) is 6.54 Å². The summed E-state index contributed by atoms with van der Waals surface area (Å²) in [7, 11) is -3.00. The van der Waals surface area contributed by atoms with Crippen LogP contribution in [-0.2, 0) is 20.6 Å². The third-order valence-corrected chi connectivity index (χ3v) is 9.86. The molecule has 1 heterocycles. The Kier molecular flexibility index (Phi) is 7.32. The number of amides is 1. The van der Waals surface area contributed by atoms with Crippen molar-refractivity contribution in [3.05, 3.63) is 96.6 Å². The van der Waals surface area contributed by atoms with Gasteiger partial charge in [0.15, 0.2) is 0 Å². The fourth-order valence-electron chi connectivity index (χ4n) is 4.37. The summed E-state index contributed by atoms with van der Waals surface area (Å²) in [6, 6.07) is 29.0. The Labute approximate surface area is 195 Å². The zero-order valence-corrected chi connectivity index (χ0v) is 19.9. The zero-order valence-electron chi connectivity index (χ0n) is 19.0. The summed E-state index contributed by atoms with van der Waals surface area (Å²) < 4.78 is 26.2. The second-order valence-corrected chi connectivity index (χ2v) is 11.6. The minimum atomic E-state index is -3.00. The Morgan fingerprint density at radius 3 is 1.94 bits per heavy atom. The van der Waals surface area contributed by atoms with Gasteiger partial charge < -0.3 is 19.4 Å². The number of hydrogen-bond acceptors (Lipinski definition) is 4. The van der Waals surface area contributed by atoms with E-state index in [0.717, 1.165) is 16.2 Å². The van der Waals surface area contributed by atoms with Gasteiger partial charge in [0.2, 0.25) is 0 Å². The zero-order chi connectivity index (χ0) is 23.3. The lowest BCUT2D eigenvalue weighted by Gasteiger charge is -2.30. The first-order valence-corrected chi connectivity index (χ1v) is 13.1. The van der Waals surface area contributed by atoms with Gasteiger partial charge in [-0.05, 0) is 11.5 Å². The number of carbonyl (C=O) groups excluding carboxylic acids is 1. The average molecular weight is 464 g/mol. The van der Waals surface area contributed by atoms with Crippen LogP contribution < -0.4 is 15.9 Å². The first-order valence-electron chi connectivity index (χ1n) is 11.3. The molecule has 3 aromatic rings. The standard InChI is InChI=1S/C27H30NO4P/c1-20(2)26(33(30,22-14-8-4-9-15-22)23-16-10-5-11-17-23)25-24(32-25)19-31-27(29)28-18-21-12-6-3-7-13-21/h3-17,20,24-26H,18-19H2,1-2H3,(H,28,29)/t24-,25+,26+/m0/s1. The molecule has 6 heteroatoms. The molecule has 0 bridgehead atoms. The topological polar surface area (TPSA) is 67.9 Å². The maximum absolute atomic E-state index is 14.8. The molecule has 3 atom stereocenters. The first kappa shape index (κ1) is 23.3. The van der Waals surface area contributed by atoms with E-state index in [1.54, 1.807) is 0 Å². The van der Waals surface area contributed by atoms with Crippen molar-refractivity contribution in [1.82, 2.24) is 5.32 Å². The van der Waals surface area contributed by atoms with Crippen molar-refractivity contribution in [2.24, 2.45) is 5.92 Å². The molecule has 1 amide bonds. The number of benzene rings is 3. The van der Waals surface area contributed by atoms with E-state index in [1.807, 2.05) is 91.0 Å². The summed E-state index contributed by atoms with van der Waals surface area (Å²) in [6.07, 6.45) is -0.984. The van der Waals surface area contributed by atoms with Gasteiger partial charge in [-0.15, -0.1) is 0 Å². The fourth-order valence-corrected chi connectivity index (χ4v) is 8.10. The van der Waals surface area contributed by atoms with Gasteiger partial charge in [-0.2, -0.15) is 0 Å². The Morgan fingerprint density at radius 2 is 1.42 bits per heavy atom. The third-order valence-electron chi connectivity index (χ3n) is 6.00. The smallest absolute Gasteiger partial charge is 0.407 e. The van der Waals surface area contributed by atoms with E-state index >= 15 is 0 Å². The molecule has 1 aliphatic heterocycles. The molecular formula is C27H30NO4P. The number of nitrogens with one attached hydrogen (secondary N) is 1. The van der Waals surface area contributed by atoms with Gasteiger partial charge in [-0.3, -0.25) is 0 Å². The van der Waals surface area contributed by atoms with Crippen LogP contribution in [0, 0.1) is 5.92 Å². The summed E-state index contributed by atoms with van der Waals surface area (Å²) in [6.45, 7) is 4.70. The van der Waals surface area contributed by atoms with E-state index in [2.05, 4.69) is 19.2 Å². The minimum absolute atomic E-state index is 0.109. The summed E-state index contributed by atoms with van der Waals surface area (Å²) >= 11 is 0. The number of ether oxygens (including phenoxy) is 2. The van der Waals surface area contributed by atoms with Crippen molar-refractivity contribution in [3.8, 4) is 0 Å². The molecule has 1 N–H and O–H groups in total. The maximum atomic E-state index is 14.8. The van der Waals surface area contributed by atoms with Crippen LogP contribution in [-0.4, -0.2) is 30.6 Å². The van der Waals surface area contributed by atoms with Gasteiger partial charge in [-0.25, -0.2) is 4.79 Å². The van der Waals surface area contributed by atoms with Crippen molar-refractivity contribution in [1.29, 1.82) is 0 Å². The first-order chi connectivity index (χ1) is 16.0. The van der Waals surface area contributed by atoms with Gasteiger partial charge in [0, 0.05) is 17.2 Å². The third kappa shape index (κ3) is 5.38. The lowest BCUT2D eigenvalue weighted by Crippen LogP contribution is -2.35. The summed E-state index contributed by atoms with van der Waals surface area (Å²) in [5, 5.41) is 4.41. The van der Waals surface area contributed by atoms with Crippen LogP contribution in [0.25, 0.3) is 0 Å². The normalized spacial score (nSPS) is 18.5. The number of epoxide rings is 1. The highest BCUT2D eigenvalue weighted by Gasteiger charge is 2.54. The fraction of sp³-hybridized carbons (Fsp3) is 0.296.